The molecule has 0 amide bonds. The molecule has 0 fully saturated rings. The lowest BCUT2D eigenvalue weighted by Crippen LogP contribution is -3.00. The summed E-state index contributed by atoms with van der Waals surface area (Å²) in [5.41, 5.74) is 3.34. The van der Waals surface area contributed by atoms with Gasteiger partial charge in [-0.2, -0.15) is 0 Å². The van der Waals surface area contributed by atoms with E-state index in [4.69, 9.17) is 4.74 Å². The number of aliphatic hydroxyl groups is 1. The summed E-state index contributed by atoms with van der Waals surface area (Å²) in [5.74, 6) is 0.808. The molecule has 1 N–H and O–H groups in total. The maximum absolute atomic E-state index is 10.8. The normalized spacial score (nSPS) is 12.8. The first-order valence-corrected chi connectivity index (χ1v) is 9.85. The van der Waals surface area contributed by atoms with Crippen LogP contribution in [0.1, 0.15) is 37.5 Å². The Bertz CT molecular complexity index is 845. The van der Waals surface area contributed by atoms with Gasteiger partial charge in [0.1, 0.15) is 31.5 Å². The van der Waals surface area contributed by atoms with E-state index in [1.165, 1.54) is 17.7 Å². The predicted octanol–water partition coefficient (Wildman–Crippen LogP) is 1.22. The van der Waals surface area contributed by atoms with Crippen molar-refractivity contribution in [2.24, 2.45) is 0 Å². The van der Waals surface area contributed by atoms with Crippen LogP contribution in [-0.4, -0.2) is 47.9 Å². The molecule has 1 atom stereocenters. The number of aliphatic hydroxyl groups excluding tert-OH is 1. The van der Waals surface area contributed by atoms with Crippen molar-refractivity contribution < 1.29 is 31.7 Å². The summed E-state index contributed by atoms with van der Waals surface area (Å²) in [5, 5.41) is 21.4. The number of quaternary nitrogens is 1. The second-order valence-electron chi connectivity index (χ2n) is 9.41. The summed E-state index contributed by atoms with van der Waals surface area (Å²) in [7, 11) is 4.05. The summed E-state index contributed by atoms with van der Waals surface area (Å²) < 4.78 is 6.53. The van der Waals surface area contributed by atoms with Gasteiger partial charge in [-0.15, -0.1) is 0 Å². The number of likely N-dealkylation sites (N-methyl/N-ethyl adjacent to an activating group) is 1. The van der Waals surface area contributed by atoms with Crippen molar-refractivity contribution in [2.75, 3.05) is 27.2 Å². The zero-order valence-corrected chi connectivity index (χ0v) is 19.4. The molecule has 0 radical (unpaired) electrons. The standard InChI is InChI=1S/C23H33N2O4.ClH/c1-17-7-12-22(21(13-17)23(2,3)4)29-16-20(26)15-25(5,6)14-18-8-10-19(11-9-18)24(27)28;/h7-13,20,26H,14-16H2,1-6H3;1H/q+1;/p-1. The highest BCUT2D eigenvalue weighted by Gasteiger charge is 2.24. The molecule has 30 heavy (non-hydrogen) atoms. The largest absolute Gasteiger partial charge is 1.00 e. The quantitative estimate of drug-likeness (QED) is 0.383. The highest BCUT2D eigenvalue weighted by atomic mass is 35.5. The van der Waals surface area contributed by atoms with Gasteiger partial charge in [0.25, 0.3) is 5.69 Å². The molecule has 2 aromatic carbocycles. The average molecular weight is 437 g/mol. The van der Waals surface area contributed by atoms with Gasteiger partial charge in [-0.1, -0.05) is 38.5 Å². The third kappa shape index (κ3) is 7.59. The molecular weight excluding hydrogens is 404 g/mol. The fraction of sp³-hybridized carbons (Fsp3) is 0.478. The Morgan fingerprint density at radius 1 is 1.13 bits per heavy atom. The molecule has 1 unspecified atom stereocenters. The van der Waals surface area contributed by atoms with E-state index < -0.39 is 11.0 Å². The van der Waals surface area contributed by atoms with Gasteiger partial charge in [-0.25, -0.2) is 0 Å². The van der Waals surface area contributed by atoms with E-state index in [1.807, 2.05) is 26.2 Å². The van der Waals surface area contributed by atoms with Gasteiger partial charge in [0, 0.05) is 17.7 Å². The molecule has 0 aliphatic rings. The smallest absolute Gasteiger partial charge is 0.269 e. The maximum Gasteiger partial charge on any atom is 0.269 e. The van der Waals surface area contributed by atoms with Crippen LogP contribution in [0.15, 0.2) is 42.5 Å². The molecule has 166 valence electrons. The molecule has 2 rings (SSSR count). The van der Waals surface area contributed by atoms with E-state index in [1.54, 1.807) is 12.1 Å². The topological polar surface area (TPSA) is 72.6 Å². The maximum atomic E-state index is 10.8. The number of nitro groups is 1. The zero-order chi connectivity index (χ0) is 21.8. The van der Waals surface area contributed by atoms with E-state index in [0.717, 1.165) is 16.9 Å². The number of hydrogen-bond acceptors (Lipinski definition) is 4. The number of non-ortho nitro benzene ring substituents is 1. The molecular formula is C23H33ClN2O4. The van der Waals surface area contributed by atoms with Crippen molar-refractivity contribution in [3.8, 4) is 5.75 Å². The van der Waals surface area contributed by atoms with Crippen LogP contribution in [-0.2, 0) is 12.0 Å². The number of hydrogen-bond donors (Lipinski definition) is 1. The number of aryl methyl sites for hydroxylation is 1. The van der Waals surface area contributed by atoms with Crippen LogP contribution in [0.5, 0.6) is 5.75 Å². The van der Waals surface area contributed by atoms with Crippen LogP contribution in [0.2, 0.25) is 0 Å². The third-order valence-electron chi connectivity index (χ3n) is 4.84. The molecule has 0 aliphatic heterocycles. The first-order chi connectivity index (χ1) is 13.4. The summed E-state index contributed by atoms with van der Waals surface area (Å²) in [6.45, 7) is 9.89. The number of nitro benzene ring substituents is 1. The lowest BCUT2D eigenvalue weighted by Gasteiger charge is -2.32. The van der Waals surface area contributed by atoms with Gasteiger partial charge in [-0.05, 0) is 36.1 Å². The molecule has 0 spiro atoms. The van der Waals surface area contributed by atoms with Gasteiger partial charge in [0.15, 0.2) is 0 Å². The van der Waals surface area contributed by atoms with Crippen LogP contribution in [0.25, 0.3) is 0 Å². The lowest BCUT2D eigenvalue weighted by molar-refractivity contribution is -0.906. The lowest BCUT2D eigenvalue weighted by atomic mass is 9.85. The summed E-state index contributed by atoms with van der Waals surface area (Å²) >= 11 is 0. The molecule has 0 saturated heterocycles. The second-order valence-corrected chi connectivity index (χ2v) is 9.41. The Labute approximate surface area is 185 Å². The van der Waals surface area contributed by atoms with E-state index in [2.05, 4.69) is 33.8 Å². The van der Waals surface area contributed by atoms with Crippen LogP contribution < -0.4 is 17.1 Å². The fourth-order valence-electron chi connectivity index (χ4n) is 3.45. The highest BCUT2D eigenvalue weighted by Crippen LogP contribution is 2.32. The van der Waals surface area contributed by atoms with Crippen LogP contribution in [0.3, 0.4) is 0 Å². The molecule has 0 bridgehead atoms. The number of ether oxygens (including phenoxy) is 1. The van der Waals surface area contributed by atoms with Gasteiger partial charge >= 0.3 is 0 Å². The highest BCUT2D eigenvalue weighted by molar-refractivity contribution is 5.41. The Morgan fingerprint density at radius 2 is 1.73 bits per heavy atom. The average Bonchev–Trinajstić information content (AvgIpc) is 2.59. The molecule has 0 heterocycles. The van der Waals surface area contributed by atoms with E-state index in [9.17, 15) is 15.2 Å². The number of halogens is 1. The van der Waals surface area contributed by atoms with Crippen molar-refractivity contribution >= 4 is 5.69 Å². The second kappa shape index (κ2) is 10.2. The molecule has 0 aromatic heterocycles. The molecule has 2 aromatic rings. The number of benzene rings is 2. The minimum atomic E-state index is -0.628. The van der Waals surface area contributed by atoms with Gasteiger partial charge in [-0.3, -0.25) is 10.1 Å². The molecule has 7 heteroatoms. The third-order valence-corrected chi connectivity index (χ3v) is 4.84. The molecule has 0 saturated carbocycles. The summed E-state index contributed by atoms with van der Waals surface area (Å²) in [6, 6.07) is 12.7. The Kier molecular flexibility index (Phi) is 8.84. The number of nitrogens with zero attached hydrogens (tertiary/aromatic N) is 2. The Hall–Kier alpha value is -2.15. The minimum absolute atomic E-state index is 0. The minimum Gasteiger partial charge on any atom is -1.00 e. The van der Waals surface area contributed by atoms with E-state index in [0.29, 0.717) is 17.6 Å². The van der Waals surface area contributed by atoms with Gasteiger partial charge in [0.05, 0.1) is 19.0 Å². The first-order valence-electron chi connectivity index (χ1n) is 9.85. The predicted molar refractivity (Wildman–Crippen MR) is 115 cm³/mol. The first kappa shape index (κ1) is 25.9. The monoisotopic (exact) mass is 436 g/mol. The fourth-order valence-corrected chi connectivity index (χ4v) is 3.45. The Balaban J connectivity index is 0.00000450. The van der Waals surface area contributed by atoms with Crippen molar-refractivity contribution in [2.45, 2.75) is 45.8 Å². The summed E-state index contributed by atoms with van der Waals surface area (Å²) in [4.78, 5) is 10.4. The summed E-state index contributed by atoms with van der Waals surface area (Å²) in [6.07, 6.45) is -0.628. The van der Waals surface area contributed by atoms with Crippen molar-refractivity contribution in [3.05, 3.63) is 69.3 Å². The molecule has 0 aliphatic carbocycles. The van der Waals surface area contributed by atoms with Crippen LogP contribution >= 0.6 is 0 Å². The van der Waals surface area contributed by atoms with Gasteiger partial charge in [0.2, 0.25) is 0 Å². The van der Waals surface area contributed by atoms with Gasteiger partial charge < -0.3 is 26.7 Å². The van der Waals surface area contributed by atoms with Crippen molar-refractivity contribution in [1.29, 1.82) is 0 Å². The molecule has 6 nitrogen and oxygen atoms in total. The van der Waals surface area contributed by atoms with E-state index >= 15 is 0 Å². The van der Waals surface area contributed by atoms with Crippen LogP contribution in [0, 0.1) is 17.0 Å². The van der Waals surface area contributed by atoms with Crippen LogP contribution in [0.4, 0.5) is 5.69 Å². The Morgan fingerprint density at radius 3 is 2.27 bits per heavy atom. The SMILES string of the molecule is Cc1ccc(OCC(O)C[N+](C)(C)Cc2ccc([N+](=O)[O-])cc2)c(C(C)(C)C)c1.[Cl-]. The zero-order valence-electron chi connectivity index (χ0n) is 18.7. The number of rotatable bonds is 8. The van der Waals surface area contributed by atoms with Crippen molar-refractivity contribution in [3.63, 3.8) is 0 Å². The van der Waals surface area contributed by atoms with Crippen molar-refractivity contribution in [1.82, 2.24) is 0 Å². The van der Waals surface area contributed by atoms with E-state index in [-0.39, 0.29) is 30.1 Å².